The second kappa shape index (κ2) is 3.77. The van der Waals surface area contributed by atoms with Crippen molar-refractivity contribution in [3.63, 3.8) is 0 Å². The Balaban J connectivity index is 2.42. The molecular weight excluding hydrogens is 216 g/mol. The van der Waals surface area contributed by atoms with Crippen LogP contribution in [0.25, 0.3) is 10.3 Å². The van der Waals surface area contributed by atoms with E-state index in [1.807, 2.05) is 0 Å². The van der Waals surface area contributed by atoms with E-state index in [1.54, 1.807) is 17.5 Å². The first-order valence-electron chi connectivity index (χ1n) is 4.15. The van der Waals surface area contributed by atoms with E-state index >= 15 is 0 Å². The monoisotopic (exact) mass is 224 g/mol. The van der Waals surface area contributed by atoms with Crippen LogP contribution in [0.15, 0.2) is 11.8 Å². The Hall–Kier alpha value is -1.76. The number of hydrogen-bond acceptors (Lipinski definition) is 6. The van der Waals surface area contributed by atoms with E-state index in [1.165, 1.54) is 17.7 Å². The van der Waals surface area contributed by atoms with Crippen molar-refractivity contribution < 1.29 is 9.90 Å². The summed E-state index contributed by atoms with van der Waals surface area (Å²) in [6, 6.07) is 0. The number of hydrogen-bond donors (Lipinski definition) is 1. The van der Waals surface area contributed by atoms with Gasteiger partial charge in [0.2, 0.25) is 0 Å². The lowest BCUT2D eigenvalue weighted by Gasteiger charge is -2.14. The summed E-state index contributed by atoms with van der Waals surface area (Å²) in [7, 11) is 1.68. The van der Waals surface area contributed by atoms with Gasteiger partial charge in [0, 0.05) is 7.05 Å². The highest BCUT2D eigenvalue weighted by molar-refractivity contribution is 7.17. The van der Waals surface area contributed by atoms with Crippen molar-refractivity contribution in [1.82, 2.24) is 15.0 Å². The summed E-state index contributed by atoms with van der Waals surface area (Å²) in [5, 5.41) is 8.67. The van der Waals surface area contributed by atoms with Crippen LogP contribution < -0.4 is 4.90 Å². The first kappa shape index (κ1) is 9.78. The third-order valence-electron chi connectivity index (χ3n) is 1.85. The van der Waals surface area contributed by atoms with Gasteiger partial charge in [-0.1, -0.05) is 0 Å². The summed E-state index contributed by atoms with van der Waals surface area (Å²) in [4.78, 5) is 24.2. The maximum absolute atomic E-state index is 10.6. The smallest absolute Gasteiger partial charge is 0.323 e. The number of aliphatic carboxylic acids is 1. The predicted octanol–water partition coefficient (Wildman–Crippen LogP) is 0.607. The van der Waals surface area contributed by atoms with Crippen LogP contribution in [0.5, 0.6) is 0 Å². The summed E-state index contributed by atoms with van der Waals surface area (Å²) in [6.45, 7) is -0.0932. The number of thiazole rings is 1. The van der Waals surface area contributed by atoms with E-state index in [0.29, 0.717) is 11.5 Å². The summed E-state index contributed by atoms with van der Waals surface area (Å²) in [5.41, 5.74) is 2.26. The Labute approximate surface area is 89.2 Å². The molecule has 0 aliphatic carbocycles. The van der Waals surface area contributed by atoms with Gasteiger partial charge in [-0.05, 0) is 0 Å². The molecule has 0 aliphatic rings. The number of carbonyl (C=O) groups is 1. The first-order chi connectivity index (χ1) is 7.18. The van der Waals surface area contributed by atoms with Gasteiger partial charge in [0.05, 0.1) is 5.51 Å². The lowest BCUT2D eigenvalue weighted by Crippen LogP contribution is -2.26. The summed E-state index contributed by atoms with van der Waals surface area (Å²) >= 11 is 1.40. The Kier molecular flexibility index (Phi) is 2.46. The summed E-state index contributed by atoms with van der Waals surface area (Å²) in [5.74, 6) is -0.293. The van der Waals surface area contributed by atoms with Crippen LogP contribution in [-0.4, -0.2) is 39.6 Å². The van der Waals surface area contributed by atoms with Gasteiger partial charge < -0.3 is 10.0 Å². The lowest BCUT2D eigenvalue weighted by molar-refractivity contribution is -0.135. The van der Waals surface area contributed by atoms with Gasteiger partial charge in [-0.3, -0.25) is 4.79 Å². The van der Waals surface area contributed by atoms with Crippen LogP contribution >= 0.6 is 11.3 Å². The van der Waals surface area contributed by atoms with Gasteiger partial charge in [-0.2, -0.15) is 0 Å². The molecule has 0 saturated carbocycles. The summed E-state index contributed by atoms with van der Waals surface area (Å²) < 4.78 is 0.807. The van der Waals surface area contributed by atoms with Gasteiger partial charge in [-0.15, -0.1) is 11.3 Å². The lowest BCUT2D eigenvalue weighted by atomic mass is 10.4. The number of carboxylic acids is 1. The third kappa shape index (κ3) is 1.86. The average Bonchev–Trinajstić information content (AvgIpc) is 2.63. The van der Waals surface area contributed by atoms with E-state index in [2.05, 4.69) is 15.0 Å². The highest BCUT2D eigenvalue weighted by atomic mass is 32.1. The van der Waals surface area contributed by atoms with Gasteiger partial charge in [0.1, 0.15) is 17.6 Å². The minimum Gasteiger partial charge on any atom is -0.480 e. The van der Waals surface area contributed by atoms with Crippen LogP contribution in [0.1, 0.15) is 0 Å². The molecular formula is C8H8N4O2S. The molecule has 0 saturated heterocycles. The van der Waals surface area contributed by atoms with Crippen molar-refractivity contribution >= 4 is 33.5 Å². The number of rotatable bonds is 3. The van der Waals surface area contributed by atoms with Crippen molar-refractivity contribution in [2.45, 2.75) is 0 Å². The van der Waals surface area contributed by atoms with Crippen LogP contribution in [0, 0.1) is 0 Å². The number of carboxylic acid groups (broad SMARTS) is 1. The van der Waals surface area contributed by atoms with E-state index in [4.69, 9.17) is 5.11 Å². The van der Waals surface area contributed by atoms with Crippen LogP contribution in [0.4, 0.5) is 5.82 Å². The quantitative estimate of drug-likeness (QED) is 0.822. The van der Waals surface area contributed by atoms with E-state index < -0.39 is 5.97 Å². The highest BCUT2D eigenvalue weighted by Crippen LogP contribution is 2.24. The molecule has 1 N–H and O–H groups in total. The Bertz CT molecular complexity index is 498. The van der Waals surface area contributed by atoms with Gasteiger partial charge in [0.15, 0.2) is 11.5 Å². The van der Waals surface area contributed by atoms with Crippen molar-refractivity contribution in [3.05, 3.63) is 11.8 Å². The number of nitrogens with zero attached hydrogens (tertiary/aromatic N) is 4. The van der Waals surface area contributed by atoms with E-state index in [0.717, 1.165) is 4.70 Å². The zero-order valence-electron chi connectivity index (χ0n) is 7.91. The van der Waals surface area contributed by atoms with Crippen LogP contribution in [0.2, 0.25) is 0 Å². The fourth-order valence-corrected chi connectivity index (χ4v) is 2.01. The van der Waals surface area contributed by atoms with Crippen LogP contribution in [0.3, 0.4) is 0 Å². The van der Waals surface area contributed by atoms with Crippen molar-refractivity contribution in [2.75, 3.05) is 18.5 Å². The fourth-order valence-electron chi connectivity index (χ4n) is 1.23. The fraction of sp³-hybridized carbons (Fsp3) is 0.250. The standard InChI is InChI=1S/C8H8N4O2S/c1-12(2-5(13)14)8-6-7(9-3-10-8)11-4-15-6/h3-4H,2H2,1H3,(H,13,14). The molecule has 2 rings (SSSR count). The number of likely N-dealkylation sites (N-methyl/N-ethyl adjacent to an activating group) is 1. The van der Waals surface area contributed by atoms with Gasteiger partial charge in [-0.25, -0.2) is 15.0 Å². The highest BCUT2D eigenvalue weighted by Gasteiger charge is 2.12. The van der Waals surface area contributed by atoms with Crippen molar-refractivity contribution in [3.8, 4) is 0 Å². The first-order valence-corrected chi connectivity index (χ1v) is 5.03. The average molecular weight is 224 g/mol. The number of fused-ring (bicyclic) bond motifs is 1. The van der Waals surface area contributed by atoms with E-state index in [-0.39, 0.29) is 6.54 Å². The molecule has 0 aliphatic heterocycles. The molecule has 0 unspecified atom stereocenters. The molecule has 2 aromatic heterocycles. The number of anilines is 1. The maximum Gasteiger partial charge on any atom is 0.323 e. The molecule has 15 heavy (non-hydrogen) atoms. The van der Waals surface area contributed by atoms with E-state index in [9.17, 15) is 4.79 Å². The maximum atomic E-state index is 10.6. The Morgan fingerprint density at radius 2 is 2.33 bits per heavy atom. The Morgan fingerprint density at radius 1 is 1.53 bits per heavy atom. The molecule has 2 heterocycles. The van der Waals surface area contributed by atoms with Gasteiger partial charge in [0.25, 0.3) is 0 Å². The predicted molar refractivity (Wildman–Crippen MR) is 56.1 cm³/mol. The minimum atomic E-state index is -0.895. The van der Waals surface area contributed by atoms with Crippen LogP contribution in [-0.2, 0) is 4.79 Å². The molecule has 78 valence electrons. The zero-order chi connectivity index (χ0) is 10.8. The van der Waals surface area contributed by atoms with Crippen molar-refractivity contribution in [2.24, 2.45) is 0 Å². The van der Waals surface area contributed by atoms with Crippen molar-refractivity contribution in [1.29, 1.82) is 0 Å². The second-order valence-electron chi connectivity index (χ2n) is 2.95. The summed E-state index contributed by atoms with van der Waals surface area (Å²) in [6.07, 6.45) is 1.38. The molecule has 0 aromatic carbocycles. The molecule has 2 aromatic rings. The van der Waals surface area contributed by atoms with Gasteiger partial charge >= 0.3 is 5.97 Å². The largest absolute Gasteiger partial charge is 0.480 e. The molecule has 0 radical (unpaired) electrons. The Morgan fingerprint density at radius 3 is 3.07 bits per heavy atom. The molecule has 0 fully saturated rings. The molecule has 0 amide bonds. The normalized spacial score (nSPS) is 10.5. The molecule has 0 bridgehead atoms. The number of aromatic nitrogens is 3. The topological polar surface area (TPSA) is 79.2 Å². The minimum absolute atomic E-state index is 0.0932. The molecule has 0 atom stereocenters. The SMILES string of the molecule is CN(CC(=O)O)c1ncnc2ncsc12. The second-order valence-corrected chi connectivity index (χ2v) is 3.81. The molecule has 6 nitrogen and oxygen atoms in total. The third-order valence-corrected chi connectivity index (χ3v) is 2.66. The zero-order valence-corrected chi connectivity index (χ0v) is 8.73. The molecule has 7 heteroatoms. The molecule has 0 spiro atoms.